The van der Waals surface area contributed by atoms with E-state index in [-0.39, 0.29) is 18.1 Å². The van der Waals surface area contributed by atoms with Gasteiger partial charge in [0, 0.05) is 23.7 Å². The Hall–Kier alpha value is -0.230. The van der Waals surface area contributed by atoms with Crippen molar-refractivity contribution in [3.05, 3.63) is 34.9 Å². The third kappa shape index (κ3) is 5.38. The first-order valence-electron chi connectivity index (χ1n) is 7.19. The summed E-state index contributed by atoms with van der Waals surface area (Å²) in [7, 11) is 0. The monoisotopic (exact) mass is 398 g/mol. The van der Waals surface area contributed by atoms with Crippen molar-refractivity contribution in [2.75, 3.05) is 13.1 Å². The van der Waals surface area contributed by atoms with Gasteiger partial charge in [-0.05, 0) is 32.0 Å². The Kier molecular flexibility index (Phi) is 6.45. The lowest BCUT2D eigenvalue weighted by Crippen LogP contribution is -2.60. The van der Waals surface area contributed by atoms with Crippen molar-refractivity contribution in [3.8, 4) is 0 Å². The van der Waals surface area contributed by atoms with Gasteiger partial charge in [-0.3, -0.25) is 9.69 Å². The van der Waals surface area contributed by atoms with E-state index in [1.54, 1.807) is 24.3 Å². The summed E-state index contributed by atoms with van der Waals surface area (Å²) in [5.74, 6) is -0.351. The number of hydrogen-bond donors (Lipinski definition) is 1. The van der Waals surface area contributed by atoms with Gasteiger partial charge < -0.3 is 10.1 Å². The fourth-order valence-corrected chi connectivity index (χ4v) is 3.41. The van der Waals surface area contributed by atoms with Crippen LogP contribution in [0.5, 0.6) is 0 Å². The molecule has 4 nitrogen and oxygen atoms in total. The van der Waals surface area contributed by atoms with E-state index >= 15 is 0 Å². The molecule has 1 fully saturated rings. The Bertz CT molecular complexity index is 555. The average Bonchev–Trinajstić information content (AvgIpc) is 2.42. The molecule has 0 aliphatic carbocycles. The first-order chi connectivity index (χ1) is 10.7. The van der Waals surface area contributed by atoms with Crippen molar-refractivity contribution in [2.45, 2.75) is 36.0 Å². The number of nitrogens with one attached hydrogen (secondary N) is 1. The van der Waals surface area contributed by atoms with Crippen LogP contribution in [0.25, 0.3) is 0 Å². The van der Waals surface area contributed by atoms with Gasteiger partial charge in [0.25, 0.3) is 5.91 Å². The summed E-state index contributed by atoms with van der Waals surface area (Å²) in [6.45, 7) is 4.99. The van der Waals surface area contributed by atoms with Crippen LogP contribution in [0.1, 0.15) is 24.2 Å². The number of carbonyl (C=O) groups excluding carboxylic acids is 1. The van der Waals surface area contributed by atoms with Gasteiger partial charge in [0.15, 0.2) is 0 Å². The zero-order chi connectivity index (χ0) is 17.2. The van der Waals surface area contributed by atoms with E-state index in [9.17, 15) is 4.79 Å². The van der Waals surface area contributed by atoms with Gasteiger partial charge in [0.1, 0.15) is 6.17 Å². The number of halogens is 4. The number of hydrogen-bond acceptors (Lipinski definition) is 3. The Morgan fingerprint density at radius 2 is 1.91 bits per heavy atom. The van der Waals surface area contributed by atoms with E-state index in [4.69, 9.17) is 51.1 Å². The molecule has 0 radical (unpaired) electrons. The maximum absolute atomic E-state index is 12.5. The second-order valence-electron chi connectivity index (χ2n) is 5.64. The number of alkyl halides is 3. The van der Waals surface area contributed by atoms with Crippen molar-refractivity contribution < 1.29 is 9.53 Å². The Morgan fingerprint density at radius 3 is 2.43 bits per heavy atom. The Morgan fingerprint density at radius 1 is 1.30 bits per heavy atom. The van der Waals surface area contributed by atoms with Crippen LogP contribution in [0.3, 0.4) is 0 Å². The van der Waals surface area contributed by atoms with Gasteiger partial charge in [-0.1, -0.05) is 52.5 Å². The molecule has 1 aliphatic rings. The molecule has 1 aromatic carbocycles. The van der Waals surface area contributed by atoms with E-state index in [1.165, 1.54) is 0 Å². The highest BCUT2D eigenvalue weighted by Gasteiger charge is 2.41. The maximum atomic E-state index is 12.5. The molecule has 1 N–H and O–H groups in total. The minimum Gasteiger partial charge on any atom is -0.373 e. The van der Waals surface area contributed by atoms with Crippen molar-refractivity contribution in [3.63, 3.8) is 0 Å². The van der Waals surface area contributed by atoms with Crippen molar-refractivity contribution in [1.82, 2.24) is 10.2 Å². The molecule has 1 saturated heterocycles. The zero-order valence-electron chi connectivity index (χ0n) is 12.7. The molecular formula is C15H18Cl4N2O2. The van der Waals surface area contributed by atoms with Gasteiger partial charge in [-0.15, -0.1) is 0 Å². The molecule has 0 unspecified atom stereocenters. The predicted molar refractivity (Wildman–Crippen MR) is 94.6 cm³/mol. The Balaban J connectivity index is 2.17. The summed E-state index contributed by atoms with van der Waals surface area (Å²) in [5.41, 5.74) is 0.408. The molecule has 8 heteroatoms. The summed E-state index contributed by atoms with van der Waals surface area (Å²) >= 11 is 24.2. The standard InChI is InChI=1S/C15H18Cl4N2O2/c1-9-7-21(8-10(2)23-9)14(15(17,18)19)20-13(22)11-4-3-5-12(16)6-11/h3-6,9-10,14H,7-8H2,1-2H3,(H,20,22)/t9-,10-,14-/m0/s1. The van der Waals surface area contributed by atoms with Crippen LogP contribution in [-0.2, 0) is 4.74 Å². The highest BCUT2D eigenvalue weighted by Crippen LogP contribution is 2.33. The van der Waals surface area contributed by atoms with Crippen molar-refractivity contribution in [2.24, 2.45) is 0 Å². The van der Waals surface area contributed by atoms with Crippen molar-refractivity contribution >= 4 is 52.3 Å². The van der Waals surface area contributed by atoms with Crippen LogP contribution >= 0.6 is 46.4 Å². The van der Waals surface area contributed by atoms with Crippen molar-refractivity contribution in [1.29, 1.82) is 0 Å². The molecule has 0 saturated carbocycles. The third-order valence-electron chi connectivity index (χ3n) is 3.48. The lowest BCUT2D eigenvalue weighted by Gasteiger charge is -2.42. The number of amides is 1. The van der Waals surface area contributed by atoms with Gasteiger partial charge >= 0.3 is 0 Å². The predicted octanol–water partition coefficient (Wildman–Crippen LogP) is 3.88. The second kappa shape index (κ2) is 7.77. The van der Waals surface area contributed by atoms with E-state index in [2.05, 4.69) is 5.32 Å². The topological polar surface area (TPSA) is 41.6 Å². The van der Waals surface area contributed by atoms with E-state index < -0.39 is 9.96 Å². The highest BCUT2D eigenvalue weighted by atomic mass is 35.6. The molecule has 0 bridgehead atoms. The Labute approximate surface area is 156 Å². The van der Waals surface area contributed by atoms with Gasteiger partial charge in [0.2, 0.25) is 3.79 Å². The quantitative estimate of drug-likeness (QED) is 0.784. The molecule has 128 valence electrons. The lowest BCUT2D eigenvalue weighted by atomic mass is 10.2. The second-order valence-corrected chi connectivity index (χ2v) is 8.44. The number of rotatable bonds is 3. The molecule has 0 aromatic heterocycles. The maximum Gasteiger partial charge on any atom is 0.252 e. The van der Waals surface area contributed by atoms with E-state index in [0.29, 0.717) is 23.7 Å². The molecule has 2 rings (SSSR count). The summed E-state index contributed by atoms with van der Waals surface area (Å²) in [6.07, 6.45) is -0.805. The first kappa shape index (κ1) is 19.1. The van der Waals surface area contributed by atoms with Gasteiger partial charge in [-0.2, -0.15) is 0 Å². The lowest BCUT2D eigenvalue weighted by molar-refractivity contribution is -0.0826. The molecule has 23 heavy (non-hydrogen) atoms. The van der Waals surface area contributed by atoms with Crippen LogP contribution in [0.15, 0.2) is 24.3 Å². The zero-order valence-corrected chi connectivity index (χ0v) is 15.8. The van der Waals surface area contributed by atoms with E-state index in [0.717, 1.165) is 0 Å². The summed E-state index contributed by atoms with van der Waals surface area (Å²) in [6, 6.07) is 6.61. The molecule has 1 heterocycles. The van der Waals surface area contributed by atoms with E-state index in [1.807, 2.05) is 18.7 Å². The van der Waals surface area contributed by atoms with Crippen LogP contribution in [0.4, 0.5) is 0 Å². The largest absolute Gasteiger partial charge is 0.373 e. The molecule has 3 atom stereocenters. The molecule has 1 aromatic rings. The smallest absolute Gasteiger partial charge is 0.252 e. The number of morpholine rings is 1. The van der Waals surface area contributed by atoms with Crippen LogP contribution in [0.2, 0.25) is 5.02 Å². The third-order valence-corrected chi connectivity index (χ3v) is 4.33. The van der Waals surface area contributed by atoms with Gasteiger partial charge in [-0.25, -0.2) is 0 Å². The number of nitrogens with zero attached hydrogens (tertiary/aromatic N) is 1. The molecule has 0 spiro atoms. The minimum atomic E-state index is -1.68. The fourth-order valence-electron chi connectivity index (χ4n) is 2.65. The van der Waals surface area contributed by atoms with Crippen LogP contribution < -0.4 is 5.32 Å². The summed E-state index contributed by atoms with van der Waals surface area (Å²) in [5, 5.41) is 3.26. The average molecular weight is 400 g/mol. The summed E-state index contributed by atoms with van der Waals surface area (Å²) in [4.78, 5) is 14.4. The number of carbonyl (C=O) groups is 1. The normalized spacial score (nSPS) is 24.3. The molecular weight excluding hydrogens is 382 g/mol. The van der Waals surface area contributed by atoms with Crippen LogP contribution in [0, 0.1) is 0 Å². The SMILES string of the molecule is C[C@H]1CN([C@H](NC(=O)c2cccc(Cl)c2)C(Cl)(Cl)Cl)C[C@H](C)O1. The van der Waals surface area contributed by atoms with Crippen LogP contribution in [-0.4, -0.2) is 46.1 Å². The first-order valence-corrected chi connectivity index (χ1v) is 8.70. The highest BCUT2D eigenvalue weighted by molar-refractivity contribution is 6.68. The molecule has 1 aliphatic heterocycles. The van der Waals surface area contributed by atoms with Gasteiger partial charge in [0.05, 0.1) is 12.2 Å². The fraction of sp³-hybridized carbons (Fsp3) is 0.533. The summed E-state index contributed by atoms with van der Waals surface area (Å²) < 4.78 is 4.01. The minimum absolute atomic E-state index is 0.0170. The number of benzene rings is 1. The molecule has 1 amide bonds. The number of ether oxygens (including phenoxy) is 1.